The molecule has 0 aliphatic carbocycles. The molecule has 1 atom stereocenters. The predicted octanol–water partition coefficient (Wildman–Crippen LogP) is 4.20. The summed E-state index contributed by atoms with van der Waals surface area (Å²) < 4.78 is 15.4. The molecule has 160 valence electrons. The van der Waals surface area contributed by atoms with Gasteiger partial charge in [0.05, 0.1) is 12.8 Å². The van der Waals surface area contributed by atoms with Crippen LogP contribution in [0.5, 0.6) is 0 Å². The summed E-state index contributed by atoms with van der Waals surface area (Å²) in [5.74, 6) is -0.771. The summed E-state index contributed by atoms with van der Waals surface area (Å²) >= 11 is 0. The van der Waals surface area contributed by atoms with Gasteiger partial charge in [-0.05, 0) is 66.2 Å². The first-order valence-corrected chi connectivity index (χ1v) is 9.24. The van der Waals surface area contributed by atoms with E-state index >= 15 is 0 Å². The number of carbonyl (C=O) groups is 3. The number of pyridine rings is 1. The monoisotopic (exact) mass is 406 g/mol. The van der Waals surface area contributed by atoms with Crippen LogP contribution in [0.15, 0.2) is 30.5 Å². The number of imide groups is 1. The molecular weight excluding hydrogens is 376 g/mol. The number of rotatable bonds is 5. The van der Waals surface area contributed by atoms with E-state index in [4.69, 9.17) is 14.2 Å². The molecule has 0 aromatic carbocycles. The molecule has 0 aliphatic rings. The zero-order valence-corrected chi connectivity index (χ0v) is 18.1. The molecule has 1 rings (SSSR count). The summed E-state index contributed by atoms with van der Waals surface area (Å²) in [6, 6.07) is 4.12. The smallest absolute Gasteiger partial charge is 0.420 e. The van der Waals surface area contributed by atoms with Gasteiger partial charge in [-0.25, -0.2) is 14.4 Å². The fraction of sp³-hybridized carbons (Fsp3) is 0.524. The van der Waals surface area contributed by atoms with Crippen molar-refractivity contribution in [1.29, 1.82) is 0 Å². The Morgan fingerprint density at radius 1 is 1.03 bits per heavy atom. The molecule has 2 amide bonds. The molecule has 0 bridgehead atoms. The average Bonchev–Trinajstić information content (AvgIpc) is 2.57. The molecule has 8 heteroatoms. The van der Waals surface area contributed by atoms with E-state index in [1.807, 2.05) is 6.07 Å². The Hall–Kier alpha value is -2.90. The Morgan fingerprint density at radius 3 is 2.00 bits per heavy atom. The number of methoxy groups -OCH3 is 1. The third-order valence-corrected chi connectivity index (χ3v) is 3.30. The fourth-order valence-corrected chi connectivity index (χ4v) is 2.19. The lowest BCUT2D eigenvalue weighted by Crippen LogP contribution is -2.52. The van der Waals surface area contributed by atoms with E-state index < -0.39 is 35.4 Å². The number of hydrogen-bond donors (Lipinski definition) is 0. The minimum Gasteiger partial charge on any atom is -0.467 e. The van der Waals surface area contributed by atoms with Crippen LogP contribution in [0.3, 0.4) is 0 Å². The van der Waals surface area contributed by atoms with E-state index in [2.05, 4.69) is 4.98 Å². The van der Waals surface area contributed by atoms with Gasteiger partial charge < -0.3 is 14.2 Å². The number of ether oxygens (including phenoxy) is 3. The Morgan fingerprint density at radius 2 is 1.59 bits per heavy atom. The molecule has 0 radical (unpaired) electrons. The zero-order chi connectivity index (χ0) is 22.2. The van der Waals surface area contributed by atoms with Crippen molar-refractivity contribution in [2.75, 3.05) is 7.11 Å². The second-order valence-electron chi connectivity index (χ2n) is 8.26. The van der Waals surface area contributed by atoms with Crippen molar-refractivity contribution >= 4 is 24.2 Å². The van der Waals surface area contributed by atoms with Gasteiger partial charge in [-0.3, -0.25) is 4.98 Å². The van der Waals surface area contributed by atoms with Gasteiger partial charge in [0.1, 0.15) is 17.2 Å². The number of hydrogen-bond acceptors (Lipinski definition) is 7. The molecule has 0 aliphatic heterocycles. The SMILES string of the molecule is COC(=O)[C@@H](C/C=C/c1ccccn1)N(C(=O)OC(C)(C)C)C(=O)OC(C)(C)C. The molecule has 1 aromatic rings. The fourth-order valence-electron chi connectivity index (χ4n) is 2.19. The quantitative estimate of drug-likeness (QED) is 0.534. The minimum atomic E-state index is -1.26. The maximum absolute atomic E-state index is 12.7. The highest BCUT2D eigenvalue weighted by molar-refractivity contribution is 5.94. The zero-order valence-electron chi connectivity index (χ0n) is 18.1. The summed E-state index contributed by atoms with van der Waals surface area (Å²) in [4.78, 5) is 42.7. The van der Waals surface area contributed by atoms with Crippen molar-refractivity contribution in [3.8, 4) is 0 Å². The van der Waals surface area contributed by atoms with Gasteiger partial charge in [-0.15, -0.1) is 0 Å². The largest absolute Gasteiger partial charge is 0.467 e. The summed E-state index contributed by atoms with van der Waals surface area (Å²) in [5.41, 5.74) is -1.08. The van der Waals surface area contributed by atoms with Crippen LogP contribution in [0.2, 0.25) is 0 Å². The maximum Gasteiger partial charge on any atom is 0.420 e. The Bertz CT molecular complexity index is 704. The predicted molar refractivity (Wildman–Crippen MR) is 108 cm³/mol. The first kappa shape index (κ1) is 24.1. The topological polar surface area (TPSA) is 95.0 Å². The number of nitrogens with zero attached hydrogens (tertiary/aromatic N) is 2. The first-order valence-electron chi connectivity index (χ1n) is 9.24. The highest BCUT2D eigenvalue weighted by atomic mass is 16.6. The number of aromatic nitrogens is 1. The molecule has 1 heterocycles. The van der Waals surface area contributed by atoms with Gasteiger partial charge in [0, 0.05) is 6.20 Å². The van der Waals surface area contributed by atoms with Crippen LogP contribution in [0.1, 0.15) is 53.7 Å². The van der Waals surface area contributed by atoms with E-state index in [0.717, 1.165) is 0 Å². The molecule has 0 N–H and O–H groups in total. The molecule has 1 aromatic heterocycles. The second kappa shape index (κ2) is 10.0. The molecule has 0 fully saturated rings. The van der Waals surface area contributed by atoms with Crippen molar-refractivity contribution < 1.29 is 28.6 Å². The first-order chi connectivity index (χ1) is 13.3. The van der Waals surface area contributed by atoms with Gasteiger partial charge >= 0.3 is 18.2 Å². The second-order valence-corrected chi connectivity index (χ2v) is 8.26. The molecular formula is C21H30N2O6. The van der Waals surface area contributed by atoms with E-state index in [1.54, 1.807) is 72.0 Å². The standard InChI is InChI=1S/C21H30N2O6/c1-20(2,3)28-18(25)23(19(26)29-21(4,5)6)16(17(24)27-7)13-10-12-15-11-8-9-14-22-15/h8-12,14,16H,13H2,1-7H3/b12-10+/t16-/m1/s1. The van der Waals surface area contributed by atoms with Crippen LogP contribution in [0.4, 0.5) is 9.59 Å². The van der Waals surface area contributed by atoms with Gasteiger partial charge in [0.2, 0.25) is 0 Å². The van der Waals surface area contributed by atoms with Crippen LogP contribution >= 0.6 is 0 Å². The van der Waals surface area contributed by atoms with Gasteiger partial charge in [0.25, 0.3) is 0 Å². The average molecular weight is 406 g/mol. The Kier molecular flexibility index (Phi) is 8.36. The molecule has 0 unspecified atom stereocenters. The third-order valence-electron chi connectivity index (χ3n) is 3.30. The lowest BCUT2D eigenvalue weighted by molar-refractivity contribution is -0.146. The van der Waals surface area contributed by atoms with Gasteiger partial charge in [-0.1, -0.05) is 12.1 Å². The molecule has 0 saturated heterocycles. The van der Waals surface area contributed by atoms with E-state index in [1.165, 1.54) is 7.11 Å². The van der Waals surface area contributed by atoms with Crippen molar-refractivity contribution in [1.82, 2.24) is 9.88 Å². The molecule has 29 heavy (non-hydrogen) atoms. The van der Waals surface area contributed by atoms with Crippen molar-refractivity contribution in [2.45, 2.75) is 65.2 Å². The van der Waals surface area contributed by atoms with E-state index in [9.17, 15) is 14.4 Å². The maximum atomic E-state index is 12.7. The van der Waals surface area contributed by atoms with E-state index in [-0.39, 0.29) is 6.42 Å². The summed E-state index contributed by atoms with van der Waals surface area (Å²) in [7, 11) is 1.18. The highest BCUT2D eigenvalue weighted by Gasteiger charge is 2.40. The van der Waals surface area contributed by atoms with E-state index in [0.29, 0.717) is 10.6 Å². The van der Waals surface area contributed by atoms with Crippen LogP contribution < -0.4 is 0 Å². The van der Waals surface area contributed by atoms with Crippen LogP contribution in [0.25, 0.3) is 6.08 Å². The number of esters is 1. The Labute approximate surface area is 171 Å². The minimum absolute atomic E-state index is 0.00172. The van der Waals surface area contributed by atoms with Gasteiger partial charge in [-0.2, -0.15) is 4.90 Å². The van der Waals surface area contributed by atoms with Crippen LogP contribution in [-0.2, 0) is 19.0 Å². The van der Waals surface area contributed by atoms with Crippen molar-refractivity contribution in [3.63, 3.8) is 0 Å². The van der Waals surface area contributed by atoms with Crippen LogP contribution in [0, 0.1) is 0 Å². The van der Waals surface area contributed by atoms with Gasteiger partial charge in [0.15, 0.2) is 0 Å². The normalized spacial score (nSPS) is 12.9. The summed E-state index contributed by atoms with van der Waals surface area (Å²) in [6.45, 7) is 9.95. The lowest BCUT2D eigenvalue weighted by atomic mass is 10.1. The van der Waals surface area contributed by atoms with Crippen molar-refractivity contribution in [3.05, 3.63) is 36.2 Å². The number of carbonyl (C=O) groups excluding carboxylic acids is 3. The molecule has 0 spiro atoms. The lowest BCUT2D eigenvalue weighted by Gasteiger charge is -2.31. The summed E-state index contributed by atoms with van der Waals surface area (Å²) in [6.07, 6.45) is 2.96. The molecule has 0 saturated carbocycles. The Balaban J connectivity index is 3.20. The van der Waals surface area contributed by atoms with Crippen molar-refractivity contribution in [2.24, 2.45) is 0 Å². The number of amides is 2. The highest BCUT2D eigenvalue weighted by Crippen LogP contribution is 2.19. The molecule has 8 nitrogen and oxygen atoms in total. The van der Waals surface area contributed by atoms with Crippen LogP contribution in [-0.4, -0.2) is 52.4 Å². The summed E-state index contributed by atoms with van der Waals surface area (Å²) in [5, 5.41) is 0. The third kappa shape index (κ3) is 8.76.